The number of carbonyl (C=O) groups excluding carboxylic acids is 1. The summed E-state index contributed by atoms with van der Waals surface area (Å²) in [5.41, 5.74) is 1.03. The number of pyridine rings is 1. The van der Waals surface area contributed by atoms with E-state index in [1.54, 1.807) is 11.3 Å². The number of nitrogens with one attached hydrogen (secondary N) is 1. The van der Waals surface area contributed by atoms with Crippen LogP contribution < -0.4 is 15.1 Å². The van der Waals surface area contributed by atoms with Gasteiger partial charge in [0.05, 0.1) is 0 Å². The minimum Gasteiger partial charge on any atom is -0.357 e. The van der Waals surface area contributed by atoms with E-state index < -0.39 is 0 Å². The molecule has 0 aliphatic carbocycles. The van der Waals surface area contributed by atoms with Gasteiger partial charge in [-0.1, -0.05) is 6.07 Å². The first-order valence-electron chi connectivity index (χ1n) is 9.17. The van der Waals surface area contributed by atoms with Crippen molar-refractivity contribution in [1.82, 2.24) is 20.2 Å². The lowest BCUT2D eigenvalue weighted by Crippen LogP contribution is -2.51. The molecule has 2 aliphatic heterocycles. The molecular formula is C18H24N6OS. The SMILES string of the molecule is O=C(NCc1ccc(N2CCCC2)nc1)N1CCN(c2nccs2)CC1. The maximum Gasteiger partial charge on any atom is 0.317 e. The molecule has 0 spiro atoms. The smallest absolute Gasteiger partial charge is 0.317 e. The molecule has 0 atom stereocenters. The third-order valence-electron chi connectivity index (χ3n) is 4.94. The van der Waals surface area contributed by atoms with E-state index in [0.717, 1.165) is 55.8 Å². The van der Waals surface area contributed by atoms with E-state index >= 15 is 0 Å². The molecule has 2 saturated heterocycles. The van der Waals surface area contributed by atoms with Crippen molar-refractivity contribution >= 4 is 28.3 Å². The number of nitrogens with zero attached hydrogens (tertiary/aromatic N) is 5. The number of urea groups is 1. The van der Waals surface area contributed by atoms with Gasteiger partial charge in [-0.25, -0.2) is 14.8 Å². The van der Waals surface area contributed by atoms with E-state index in [-0.39, 0.29) is 6.03 Å². The van der Waals surface area contributed by atoms with E-state index in [9.17, 15) is 4.79 Å². The summed E-state index contributed by atoms with van der Waals surface area (Å²) < 4.78 is 0. The molecule has 7 nitrogen and oxygen atoms in total. The fourth-order valence-electron chi connectivity index (χ4n) is 3.42. The van der Waals surface area contributed by atoms with Gasteiger partial charge in [0.1, 0.15) is 5.82 Å². The van der Waals surface area contributed by atoms with Gasteiger partial charge >= 0.3 is 6.03 Å². The molecule has 2 fully saturated rings. The zero-order valence-electron chi connectivity index (χ0n) is 14.8. The van der Waals surface area contributed by atoms with Crippen molar-refractivity contribution in [2.24, 2.45) is 0 Å². The molecule has 0 saturated carbocycles. The van der Waals surface area contributed by atoms with Crippen LogP contribution in [-0.2, 0) is 6.54 Å². The zero-order valence-corrected chi connectivity index (χ0v) is 15.6. The molecule has 2 amide bonds. The fraction of sp³-hybridized carbons (Fsp3) is 0.500. The fourth-order valence-corrected chi connectivity index (χ4v) is 4.11. The van der Waals surface area contributed by atoms with Gasteiger partial charge in [0.25, 0.3) is 0 Å². The molecule has 4 rings (SSSR count). The van der Waals surface area contributed by atoms with Crippen LogP contribution in [0.2, 0.25) is 0 Å². The Kier molecular flexibility index (Phi) is 5.19. The molecular weight excluding hydrogens is 348 g/mol. The quantitative estimate of drug-likeness (QED) is 0.891. The van der Waals surface area contributed by atoms with Crippen molar-refractivity contribution in [3.8, 4) is 0 Å². The Morgan fingerprint density at radius 3 is 2.50 bits per heavy atom. The van der Waals surface area contributed by atoms with Gasteiger partial charge in [0.15, 0.2) is 5.13 Å². The van der Waals surface area contributed by atoms with Crippen molar-refractivity contribution in [1.29, 1.82) is 0 Å². The third kappa shape index (κ3) is 3.90. The van der Waals surface area contributed by atoms with Crippen molar-refractivity contribution in [2.75, 3.05) is 49.1 Å². The highest BCUT2D eigenvalue weighted by Crippen LogP contribution is 2.19. The van der Waals surface area contributed by atoms with Gasteiger partial charge in [-0.05, 0) is 24.5 Å². The van der Waals surface area contributed by atoms with Crippen LogP contribution in [0.3, 0.4) is 0 Å². The monoisotopic (exact) mass is 372 g/mol. The zero-order chi connectivity index (χ0) is 17.8. The Balaban J connectivity index is 1.24. The molecule has 2 aromatic rings. The summed E-state index contributed by atoms with van der Waals surface area (Å²) >= 11 is 1.64. The minimum absolute atomic E-state index is 0.00703. The van der Waals surface area contributed by atoms with Gasteiger partial charge in [0.2, 0.25) is 0 Å². The molecule has 0 bridgehead atoms. The van der Waals surface area contributed by atoms with Crippen LogP contribution in [0, 0.1) is 0 Å². The maximum absolute atomic E-state index is 12.4. The van der Waals surface area contributed by atoms with Crippen LogP contribution in [0.5, 0.6) is 0 Å². The first-order valence-corrected chi connectivity index (χ1v) is 10.0. The van der Waals surface area contributed by atoms with E-state index in [1.165, 1.54) is 12.8 Å². The van der Waals surface area contributed by atoms with Gasteiger partial charge in [-0.2, -0.15) is 0 Å². The van der Waals surface area contributed by atoms with Gasteiger partial charge in [-0.15, -0.1) is 11.3 Å². The number of carbonyl (C=O) groups is 1. The molecule has 0 unspecified atom stereocenters. The number of rotatable bonds is 4. The maximum atomic E-state index is 12.4. The summed E-state index contributed by atoms with van der Waals surface area (Å²) in [6.45, 7) is 5.79. The first kappa shape index (κ1) is 17.1. The van der Waals surface area contributed by atoms with Crippen molar-refractivity contribution in [3.05, 3.63) is 35.5 Å². The molecule has 138 valence electrons. The van der Waals surface area contributed by atoms with Crippen LogP contribution in [-0.4, -0.2) is 60.2 Å². The summed E-state index contributed by atoms with van der Waals surface area (Å²) in [5.74, 6) is 1.04. The second-order valence-electron chi connectivity index (χ2n) is 6.67. The van der Waals surface area contributed by atoms with E-state index in [4.69, 9.17) is 0 Å². The van der Waals surface area contributed by atoms with Crippen LogP contribution in [0.15, 0.2) is 29.9 Å². The number of hydrogen-bond donors (Lipinski definition) is 1. The number of amides is 2. The Labute approximate surface area is 157 Å². The van der Waals surface area contributed by atoms with Crippen molar-refractivity contribution in [3.63, 3.8) is 0 Å². The molecule has 4 heterocycles. The molecule has 1 N–H and O–H groups in total. The van der Waals surface area contributed by atoms with Gasteiger partial charge < -0.3 is 20.0 Å². The summed E-state index contributed by atoms with van der Waals surface area (Å²) in [4.78, 5) is 27.7. The van der Waals surface area contributed by atoms with Crippen LogP contribution in [0.1, 0.15) is 18.4 Å². The molecule has 2 aliphatic rings. The van der Waals surface area contributed by atoms with E-state index in [1.807, 2.05) is 22.7 Å². The molecule has 2 aromatic heterocycles. The third-order valence-corrected chi connectivity index (χ3v) is 5.77. The Bertz CT molecular complexity index is 706. The number of piperazine rings is 1. The Morgan fingerprint density at radius 2 is 1.85 bits per heavy atom. The average Bonchev–Trinajstić information content (AvgIpc) is 3.40. The van der Waals surface area contributed by atoms with E-state index in [0.29, 0.717) is 6.54 Å². The van der Waals surface area contributed by atoms with Crippen LogP contribution >= 0.6 is 11.3 Å². The predicted molar refractivity (Wildman–Crippen MR) is 104 cm³/mol. The van der Waals surface area contributed by atoms with E-state index in [2.05, 4.69) is 37.2 Å². The topological polar surface area (TPSA) is 64.6 Å². The van der Waals surface area contributed by atoms with Crippen molar-refractivity contribution in [2.45, 2.75) is 19.4 Å². The highest BCUT2D eigenvalue weighted by Gasteiger charge is 2.22. The van der Waals surface area contributed by atoms with Crippen LogP contribution in [0.4, 0.5) is 15.7 Å². The highest BCUT2D eigenvalue weighted by atomic mass is 32.1. The lowest BCUT2D eigenvalue weighted by molar-refractivity contribution is 0.194. The Morgan fingerprint density at radius 1 is 1.04 bits per heavy atom. The molecule has 0 aromatic carbocycles. The number of hydrogen-bond acceptors (Lipinski definition) is 6. The molecule has 8 heteroatoms. The standard InChI is InChI=1S/C18H24N6OS/c25-17(23-8-10-24(11-9-23)18-19-5-12-26-18)21-14-15-3-4-16(20-13-15)22-6-1-2-7-22/h3-5,12-13H,1-2,6-11,14H2,(H,21,25). The predicted octanol–water partition coefficient (Wildman–Crippen LogP) is 2.17. The summed E-state index contributed by atoms with van der Waals surface area (Å²) in [6, 6.07) is 4.11. The lowest BCUT2D eigenvalue weighted by atomic mass is 10.2. The minimum atomic E-state index is -0.00703. The summed E-state index contributed by atoms with van der Waals surface area (Å²) in [7, 11) is 0. The van der Waals surface area contributed by atoms with Crippen LogP contribution in [0.25, 0.3) is 0 Å². The second-order valence-corrected chi connectivity index (χ2v) is 7.54. The Hall–Kier alpha value is -2.35. The number of anilines is 2. The highest BCUT2D eigenvalue weighted by molar-refractivity contribution is 7.13. The molecule has 26 heavy (non-hydrogen) atoms. The largest absolute Gasteiger partial charge is 0.357 e. The summed E-state index contributed by atoms with van der Waals surface area (Å²) in [6.07, 6.45) is 6.18. The van der Waals surface area contributed by atoms with Crippen molar-refractivity contribution < 1.29 is 4.79 Å². The summed E-state index contributed by atoms with van der Waals surface area (Å²) in [5, 5.41) is 6.03. The first-order chi connectivity index (χ1) is 12.8. The van der Waals surface area contributed by atoms with Gasteiger partial charge in [0, 0.05) is 63.6 Å². The molecule has 0 radical (unpaired) electrons. The normalized spacial score (nSPS) is 17.6. The van der Waals surface area contributed by atoms with Gasteiger partial charge in [-0.3, -0.25) is 0 Å². The number of thiazole rings is 1. The lowest BCUT2D eigenvalue weighted by Gasteiger charge is -2.34. The number of aromatic nitrogens is 2. The average molecular weight is 372 g/mol. The second kappa shape index (κ2) is 7.90.